The lowest BCUT2D eigenvalue weighted by Crippen LogP contribution is -2.41. The number of hydrogen-bond donors (Lipinski definition) is 0. The lowest BCUT2D eigenvalue weighted by molar-refractivity contribution is -0.135. The van der Waals surface area contributed by atoms with E-state index in [0.717, 1.165) is 40.7 Å². The average Bonchev–Trinajstić information content (AvgIpc) is 3.34. The Balaban J connectivity index is 1.51. The second-order valence-electron chi connectivity index (χ2n) is 14.2. The Morgan fingerprint density at radius 1 is 0.844 bits per heavy atom. The smallest absolute Gasteiger partial charge is 0.163 e. The fourth-order valence-corrected chi connectivity index (χ4v) is 6.97. The predicted molar refractivity (Wildman–Crippen MR) is 183 cm³/mol. The van der Waals surface area contributed by atoms with E-state index in [1.54, 1.807) is 0 Å². The van der Waals surface area contributed by atoms with E-state index >= 15 is 0 Å². The summed E-state index contributed by atoms with van der Waals surface area (Å²) in [5.74, 6) is -0.810. The van der Waals surface area contributed by atoms with E-state index in [0.29, 0.717) is 25.2 Å². The number of Topliss-reactive ketones (excluding diaryl/α,β-unsaturated/α-hetero) is 3. The van der Waals surface area contributed by atoms with Crippen LogP contribution >= 0.6 is 0 Å². The third-order valence-electron chi connectivity index (χ3n) is 10.0. The van der Waals surface area contributed by atoms with Crippen LogP contribution in [0.4, 0.5) is 0 Å². The van der Waals surface area contributed by atoms with Gasteiger partial charge in [-0.15, -0.1) is 0 Å². The van der Waals surface area contributed by atoms with Crippen LogP contribution < -0.4 is 0 Å². The third kappa shape index (κ3) is 8.88. The Labute approximate surface area is 271 Å². The SMILES string of the molecule is Cc1cccc(C(=O)CC(Cc2ccccc2)C(C)C(=O)C2COC(C)(C)C2C(=O)CCc2cccc(CCC(C)C)c2)c1C. The highest BCUT2D eigenvalue weighted by molar-refractivity contribution is 5.98. The zero-order valence-electron chi connectivity index (χ0n) is 28.4. The molecule has 1 aliphatic rings. The summed E-state index contributed by atoms with van der Waals surface area (Å²) in [5, 5.41) is 0. The molecule has 0 saturated carbocycles. The summed E-state index contributed by atoms with van der Waals surface area (Å²) < 4.78 is 6.15. The van der Waals surface area contributed by atoms with Crippen LogP contribution in [0.15, 0.2) is 72.8 Å². The molecule has 240 valence electrons. The van der Waals surface area contributed by atoms with E-state index < -0.39 is 23.4 Å². The van der Waals surface area contributed by atoms with Gasteiger partial charge < -0.3 is 4.74 Å². The van der Waals surface area contributed by atoms with Crippen LogP contribution in [0.25, 0.3) is 0 Å². The maximum atomic E-state index is 14.3. The summed E-state index contributed by atoms with van der Waals surface area (Å²) in [5.41, 5.74) is 5.63. The van der Waals surface area contributed by atoms with Crippen LogP contribution in [-0.2, 0) is 33.6 Å². The summed E-state index contributed by atoms with van der Waals surface area (Å²) in [7, 11) is 0. The van der Waals surface area contributed by atoms with Gasteiger partial charge >= 0.3 is 0 Å². The molecule has 1 fully saturated rings. The molecular weight excluding hydrogens is 556 g/mol. The second-order valence-corrected chi connectivity index (χ2v) is 14.2. The molecule has 45 heavy (non-hydrogen) atoms. The summed E-state index contributed by atoms with van der Waals surface area (Å²) >= 11 is 0. The number of benzene rings is 3. The molecule has 3 aromatic rings. The van der Waals surface area contributed by atoms with Crippen molar-refractivity contribution in [1.29, 1.82) is 0 Å². The fraction of sp³-hybridized carbons (Fsp3) is 0.488. The van der Waals surface area contributed by atoms with Gasteiger partial charge in [-0.25, -0.2) is 0 Å². The van der Waals surface area contributed by atoms with Gasteiger partial charge in [0.1, 0.15) is 11.6 Å². The maximum Gasteiger partial charge on any atom is 0.163 e. The van der Waals surface area contributed by atoms with Gasteiger partial charge in [-0.2, -0.15) is 0 Å². The molecule has 0 spiro atoms. The molecule has 0 aromatic heterocycles. The number of ether oxygens (including phenoxy) is 1. The number of carbonyl (C=O) groups is 3. The molecule has 4 unspecified atom stereocenters. The Hall–Kier alpha value is -3.37. The van der Waals surface area contributed by atoms with Crippen LogP contribution in [0.5, 0.6) is 0 Å². The monoisotopic (exact) mass is 608 g/mol. The van der Waals surface area contributed by atoms with Crippen molar-refractivity contribution in [3.63, 3.8) is 0 Å². The number of aryl methyl sites for hydroxylation is 3. The van der Waals surface area contributed by atoms with Gasteiger partial charge in [0.05, 0.1) is 24.0 Å². The van der Waals surface area contributed by atoms with E-state index in [4.69, 9.17) is 4.74 Å². The molecule has 4 atom stereocenters. The largest absolute Gasteiger partial charge is 0.374 e. The van der Waals surface area contributed by atoms with E-state index in [9.17, 15) is 14.4 Å². The minimum atomic E-state index is -0.723. The summed E-state index contributed by atoms with van der Waals surface area (Å²) in [6.07, 6.45) is 4.09. The topological polar surface area (TPSA) is 60.4 Å². The molecule has 0 aliphatic carbocycles. The molecule has 1 heterocycles. The first-order chi connectivity index (χ1) is 21.4. The Kier molecular flexibility index (Phi) is 11.7. The van der Waals surface area contributed by atoms with Gasteiger partial charge in [0.25, 0.3) is 0 Å². The molecule has 0 bridgehead atoms. The van der Waals surface area contributed by atoms with Crippen molar-refractivity contribution in [1.82, 2.24) is 0 Å². The minimum Gasteiger partial charge on any atom is -0.374 e. The minimum absolute atomic E-state index is 0.0318. The first-order valence-electron chi connectivity index (χ1n) is 16.8. The molecule has 0 N–H and O–H groups in total. The molecule has 4 nitrogen and oxygen atoms in total. The number of carbonyl (C=O) groups excluding carboxylic acids is 3. The lowest BCUT2D eigenvalue weighted by Gasteiger charge is -2.30. The molecule has 4 heteroatoms. The van der Waals surface area contributed by atoms with Crippen molar-refractivity contribution in [2.45, 2.75) is 92.6 Å². The first-order valence-corrected chi connectivity index (χ1v) is 16.8. The number of rotatable bonds is 15. The van der Waals surface area contributed by atoms with Crippen LogP contribution in [0.3, 0.4) is 0 Å². The van der Waals surface area contributed by atoms with E-state index in [1.165, 1.54) is 5.56 Å². The molecule has 1 saturated heterocycles. The van der Waals surface area contributed by atoms with Gasteiger partial charge in [0.2, 0.25) is 0 Å². The quantitative estimate of drug-likeness (QED) is 0.162. The number of ketones is 3. The van der Waals surface area contributed by atoms with Crippen molar-refractivity contribution in [2.24, 2.45) is 29.6 Å². The molecular formula is C41H52O4. The zero-order chi connectivity index (χ0) is 32.7. The third-order valence-corrected chi connectivity index (χ3v) is 10.0. The number of hydrogen-bond acceptors (Lipinski definition) is 4. The Morgan fingerprint density at radius 2 is 1.49 bits per heavy atom. The highest BCUT2D eigenvalue weighted by Gasteiger charge is 2.51. The van der Waals surface area contributed by atoms with Crippen LogP contribution in [-0.4, -0.2) is 29.6 Å². The predicted octanol–water partition coefficient (Wildman–Crippen LogP) is 8.77. The molecule has 0 radical (unpaired) electrons. The highest BCUT2D eigenvalue weighted by Crippen LogP contribution is 2.41. The first kappa shape index (κ1) is 34.5. The molecule has 1 aliphatic heterocycles. The van der Waals surface area contributed by atoms with Crippen LogP contribution in [0.1, 0.15) is 92.1 Å². The van der Waals surface area contributed by atoms with Gasteiger partial charge in [0, 0.05) is 24.3 Å². The summed E-state index contributed by atoms with van der Waals surface area (Å²) in [6, 6.07) is 24.5. The van der Waals surface area contributed by atoms with Gasteiger partial charge in [-0.3, -0.25) is 14.4 Å². The zero-order valence-corrected chi connectivity index (χ0v) is 28.4. The highest BCUT2D eigenvalue weighted by atomic mass is 16.5. The summed E-state index contributed by atoms with van der Waals surface area (Å²) in [4.78, 5) is 41.9. The van der Waals surface area contributed by atoms with Gasteiger partial charge in [0.15, 0.2) is 5.78 Å². The molecule has 3 aromatic carbocycles. The van der Waals surface area contributed by atoms with Crippen molar-refractivity contribution in [3.8, 4) is 0 Å². The average molecular weight is 609 g/mol. The van der Waals surface area contributed by atoms with E-state index in [-0.39, 0.29) is 36.3 Å². The van der Waals surface area contributed by atoms with Crippen molar-refractivity contribution in [2.75, 3.05) is 6.61 Å². The van der Waals surface area contributed by atoms with Crippen molar-refractivity contribution < 1.29 is 19.1 Å². The fourth-order valence-electron chi connectivity index (χ4n) is 6.97. The lowest BCUT2D eigenvalue weighted by atomic mass is 9.71. The summed E-state index contributed by atoms with van der Waals surface area (Å²) in [6.45, 7) is 14.5. The molecule has 4 rings (SSSR count). The van der Waals surface area contributed by atoms with E-state index in [1.807, 2.05) is 71.0 Å². The van der Waals surface area contributed by atoms with Gasteiger partial charge in [-0.05, 0) is 93.0 Å². The van der Waals surface area contributed by atoms with Crippen molar-refractivity contribution in [3.05, 3.63) is 106 Å². The second kappa shape index (κ2) is 15.3. The molecule has 0 amide bonds. The van der Waals surface area contributed by atoms with Crippen molar-refractivity contribution >= 4 is 17.3 Å². The van der Waals surface area contributed by atoms with E-state index in [2.05, 4.69) is 50.2 Å². The standard InChI is InChI=1S/C41H52O4/c1-27(2)19-20-32-16-12-17-33(23-32)21-22-37(42)39-36(26-45-41(39,6)7)40(44)30(5)34(24-31-14-9-8-10-15-31)25-38(43)35-18-11-13-28(3)29(35)4/h8-18,23,27,30,34,36,39H,19-22,24-26H2,1-7H3. The van der Waals surface area contributed by atoms with Gasteiger partial charge in [-0.1, -0.05) is 93.6 Å². The Bertz CT molecular complexity index is 1470. The Morgan fingerprint density at radius 3 is 2.18 bits per heavy atom. The van der Waals surface area contributed by atoms with Crippen LogP contribution in [0, 0.1) is 43.4 Å². The maximum absolute atomic E-state index is 14.3. The normalized spacial score (nSPS) is 18.9. The van der Waals surface area contributed by atoms with Crippen LogP contribution in [0.2, 0.25) is 0 Å².